The fourth-order valence-electron chi connectivity index (χ4n) is 2.85. The third kappa shape index (κ3) is 4.29. The van der Waals surface area contributed by atoms with E-state index < -0.39 is 0 Å². The standard InChI is InChI=1S/C17H26N2O2/c1-13(2)19-9-8-14(11-19)10-18-17(20)16-7-5-4-6-15(16)12-21-3/h4-7,13-14H,8-12H2,1-3H3,(H,18,20)/t14-/m1/s1. The SMILES string of the molecule is COCc1ccccc1C(=O)NC[C@H]1CCN(C(C)C)C1. The van der Waals surface area contributed by atoms with Gasteiger partial charge >= 0.3 is 0 Å². The van der Waals surface area contributed by atoms with Gasteiger partial charge in [-0.05, 0) is 44.4 Å². The van der Waals surface area contributed by atoms with Gasteiger partial charge in [0.25, 0.3) is 5.91 Å². The first-order chi connectivity index (χ1) is 10.1. The van der Waals surface area contributed by atoms with Gasteiger partial charge in [0, 0.05) is 31.8 Å². The maximum absolute atomic E-state index is 12.3. The Balaban J connectivity index is 1.88. The van der Waals surface area contributed by atoms with Gasteiger partial charge in [0.15, 0.2) is 0 Å². The van der Waals surface area contributed by atoms with Gasteiger partial charge in [-0.25, -0.2) is 0 Å². The Bertz CT molecular complexity index is 474. The molecule has 1 N–H and O–H groups in total. The molecule has 1 aliphatic rings. The van der Waals surface area contributed by atoms with Crippen LogP contribution in [-0.2, 0) is 11.3 Å². The van der Waals surface area contributed by atoms with Crippen molar-refractivity contribution in [2.45, 2.75) is 32.9 Å². The smallest absolute Gasteiger partial charge is 0.251 e. The van der Waals surface area contributed by atoms with Crippen molar-refractivity contribution in [1.29, 1.82) is 0 Å². The predicted octanol–water partition coefficient (Wildman–Crippen LogP) is 2.29. The van der Waals surface area contributed by atoms with Crippen LogP contribution in [0.2, 0.25) is 0 Å². The third-order valence-corrected chi connectivity index (χ3v) is 4.16. The average Bonchev–Trinajstić information content (AvgIpc) is 2.95. The lowest BCUT2D eigenvalue weighted by Gasteiger charge is -2.20. The van der Waals surface area contributed by atoms with E-state index in [1.165, 1.54) is 0 Å². The lowest BCUT2D eigenvalue weighted by molar-refractivity contribution is 0.0942. The van der Waals surface area contributed by atoms with Crippen LogP contribution in [0.4, 0.5) is 0 Å². The minimum absolute atomic E-state index is 0.00523. The zero-order chi connectivity index (χ0) is 15.2. The number of ether oxygens (including phenoxy) is 1. The second-order valence-electron chi connectivity index (χ2n) is 6.04. The van der Waals surface area contributed by atoms with E-state index in [9.17, 15) is 4.79 Å². The van der Waals surface area contributed by atoms with Crippen molar-refractivity contribution in [3.63, 3.8) is 0 Å². The van der Waals surface area contributed by atoms with E-state index in [1.807, 2.05) is 24.3 Å². The molecule has 1 aliphatic heterocycles. The maximum atomic E-state index is 12.3. The Kier molecular flexibility index (Phi) is 5.76. The van der Waals surface area contributed by atoms with Crippen molar-refractivity contribution in [1.82, 2.24) is 10.2 Å². The van der Waals surface area contributed by atoms with Crippen LogP contribution in [0.1, 0.15) is 36.2 Å². The highest BCUT2D eigenvalue weighted by Gasteiger charge is 2.24. The molecule has 0 aliphatic carbocycles. The minimum Gasteiger partial charge on any atom is -0.380 e. The van der Waals surface area contributed by atoms with E-state index in [-0.39, 0.29) is 5.91 Å². The lowest BCUT2D eigenvalue weighted by atomic mass is 10.1. The molecule has 1 aromatic carbocycles. The molecule has 0 aromatic heterocycles. The zero-order valence-corrected chi connectivity index (χ0v) is 13.3. The van der Waals surface area contributed by atoms with E-state index in [2.05, 4.69) is 24.1 Å². The number of rotatable bonds is 6. The van der Waals surface area contributed by atoms with Crippen LogP contribution in [0.3, 0.4) is 0 Å². The average molecular weight is 290 g/mol. The topological polar surface area (TPSA) is 41.6 Å². The Morgan fingerprint density at radius 2 is 2.19 bits per heavy atom. The third-order valence-electron chi connectivity index (χ3n) is 4.16. The Morgan fingerprint density at radius 3 is 2.86 bits per heavy atom. The van der Waals surface area contributed by atoms with Gasteiger partial charge in [-0.2, -0.15) is 0 Å². The van der Waals surface area contributed by atoms with E-state index in [1.54, 1.807) is 7.11 Å². The number of likely N-dealkylation sites (tertiary alicyclic amines) is 1. The molecule has 21 heavy (non-hydrogen) atoms. The van der Waals surface area contributed by atoms with E-state index in [0.717, 1.165) is 37.2 Å². The van der Waals surface area contributed by atoms with Gasteiger partial charge in [-0.15, -0.1) is 0 Å². The highest BCUT2D eigenvalue weighted by Crippen LogP contribution is 2.18. The summed E-state index contributed by atoms with van der Waals surface area (Å²) in [6, 6.07) is 8.22. The first-order valence-electron chi connectivity index (χ1n) is 7.71. The molecule has 0 bridgehead atoms. The Morgan fingerprint density at radius 1 is 1.43 bits per heavy atom. The van der Waals surface area contributed by atoms with Crippen molar-refractivity contribution in [3.8, 4) is 0 Å². The van der Waals surface area contributed by atoms with Crippen LogP contribution in [0.15, 0.2) is 24.3 Å². The number of benzene rings is 1. The highest BCUT2D eigenvalue weighted by molar-refractivity contribution is 5.95. The molecule has 1 saturated heterocycles. The number of nitrogens with one attached hydrogen (secondary N) is 1. The molecular weight excluding hydrogens is 264 g/mol. The lowest BCUT2D eigenvalue weighted by Crippen LogP contribution is -2.33. The van der Waals surface area contributed by atoms with Gasteiger partial charge < -0.3 is 15.0 Å². The van der Waals surface area contributed by atoms with Crippen LogP contribution in [0.25, 0.3) is 0 Å². The molecule has 4 heteroatoms. The molecular formula is C17H26N2O2. The van der Waals surface area contributed by atoms with Crippen molar-refractivity contribution < 1.29 is 9.53 Å². The van der Waals surface area contributed by atoms with Crippen molar-refractivity contribution >= 4 is 5.91 Å². The largest absolute Gasteiger partial charge is 0.380 e. The molecule has 1 fully saturated rings. The fourth-order valence-corrected chi connectivity index (χ4v) is 2.85. The molecule has 1 heterocycles. The van der Waals surface area contributed by atoms with Gasteiger partial charge in [0.05, 0.1) is 6.61 Å². The number of methoxy groups -OCH3 is 1. The molecule has 0 saturated carbocycles. The second kappa shape index (κ2) is 7.57. The summed E-state index contributed by atoms with van der Waals surface area (Å²) in [5.41, 5.74) is 1.66. The van der Waals surface area contributed by atoms with E-state index in [4.69, 9.17) is 4.74 Å². The predicted molar refractivity (Wildman–Crippen MR) is 84.3 cm³/mol. The summed E-state index contributed by atoms with van der Waals surface area (Å²) < 4.78 is 5.15. The van der Waals surface area contributed by atoms with Crippen LogP contribution in [0.5, 0.6) is 0 Å². The quantitative estimate of drug-likeness (QED) is 0.874. The summed E-state index contributed by atoms with van der Waals surface area (Å²) >= 11 is 0. The molecule has 0 spiro atoms. The normalized spacial score (nSPS) is 19.1. The Labute approximate surface area is 127 Å². The van der Waals surface area contributed by atoms with Crippen LogP contribution in [0, 0.1) is 5.92 Å². The van der Waals surface area contributed by atoms with Crippen molar-refractivity contribution in [3.05, 3.63) is 35.4 Å². The maximum Gasteiger partial charge on any atom is 0.251 e. The van der Waals surface area contributed by atoms with Gasteiger partial charge in [0.2, 0.25) is 0 Å². The molecule has 0 radical (unpaired) electrons. The van der Waals surface area contributed by atoms with E-state index in [0.29, 0.717) is 18.6 Å². The highest BCUT2D eigenvalue weighted by atomic mass is 16.5. The number of carbonyl (C=O) groups excluding carboxylic acids is 1. The summed E-state index contributed by atoms with van der Waals surface area (Å²) in [5.74, 6) is 0.566. The van der Waals surface area contributed by atoms with Crippen molar-refractivity contribution in [2.75, 3.05) is 26.7 Å². The first-order valence-corrected chi connectivity index (χ1v) is 7.71. The van der Waals surface area contributed by atoms with Crippen molar-refractivity contribution in [2.24, 2.45) is 5.92 Å². The summed E-state index contributed by atoms with van der Waals surface area (Å²) in [4.78, 5) is 14.8. The summed E-state index contributed by atoms with van der Waals surface area (Å²) in [6.07, 6.45) is 1.16. The Hall–Kier alpha value is -1.39. The number of hydrogen-bond donors (Lipinski definition) is 1. The molecule has 1 amide bonds. The van der Waals surface area contributed by atoms with Gasteiger partial charge in [0.1, 0.15) is 0 Å². The summed E-state index contributed by atoms with van der Waals surface area (Å²) in [6.45, 7) is 7.89. The van der Waals surface area contributed by atoms with Gasteiger partial charge in [-0.3, -0.25) is 4.79 Å². The molecule has 0 unspecified atom stereocenters. The fraction of sp³-hybridized carbons (Fsp3) is 0.588. The molecule has 1 atom stereocenters. The molecule has 2 rings (SSSR count). The minimum atomic E-state index is 0.00523. The summed E-state index contributed by atoms with van der Waals surface area (Å²) in [5, 5.41) is 3.08. The van der Waals surface area contributed by atoms with Crippen LogP contribution in [-0.4, -0.2) is 43.6 Å². The number of hydrogen-bond acceptors (Lipinski definition) is 3. The number of carbonyl (C=O) groups is 1. The molecule has 116 valence electrons. The number of amides is 1. The van der Waals surface area contributed by atoms with Crippen LogP contribution < -0.4 is 5.32 Å². The molecule has 1 aromatic rings. The van der Waals surface area contributed by atoms with Crippen LogP contribution >= 0.6 is 0 Å². The summed E-state index contributed by atoms with van der Waals surface area (Å²) in [7, 11) is 1.65. The van der Waals surface area contributed by atoms with Gasteiger partial charge in [-0.1, -0.05) is 18.2 Å². The zero-order valence-electron chi connectivity index (χ0n) is 13.3. The van der Waals surface area contributed by atoms with E-state index >= 15 is 0 Å². The monoisotopic (exact) mass is 290 g/mol. The number of nitrogens with zero attached hydrogens (tertiary/aromatic N) is 1. The molecule has 4 nitrogen and oxygen atoms in total. The first kappa shape index (κ1) is 16.0. The second-order valence-corrected chi connectivity index (χ2v) is 6.04.